The van der Waals surface area contributed by atoms with Gasteiger partial charge in [-0.3, -0.25) is 9.36 Å². The number of aromatic nitrogens is 3. The van der Waals surface area contributed by atoms with E-state index in [2.05, 4.69) is 15.5 Å². The summed E-state index contributed by atoms with van der Waals surface area (Å²) in [5, 5.41) is 9.82. The van der Waals surface area contributed by atoms with Crippen molar-refractivity contribution in [3.05, 3.63) is 40.3 Å². The lowest BCUT2D eigenvalue weighted by Gasteiger charge is -2.23. The molecule has 0 atom stereocenters. The first-order chi connectivity index (χ1) is 14.2. The number of H-pyrrole nitrogens is 1. The van der Waals surface area contributed by atoms with Crippen LogP contribution in [0.3, 0.4) is 0 Å². The normalized spacial score (nSPS) is 14.8. The quantitative estimate of drug-likeness (QED) is 0.361. The molecule has 0 saturated carbocycles. The van der Waals surface area contributed by atoms with E-state index in [4.69, 9.17) is 9.47 Å². The van der Waals surface area contributed by atoms with Gasteiger partial charge in [0.05, 0.1) is 19.0 Å². The van der Waals surface area contributed by atoms with E-state index in [0.29, 0.717) is 24.7 Å². The van der Waals surface area contributed by atoms with E-state index in [9.17, 15) is 9.59 Å². The van der Waals surface area contributed by atoms with Crippen LogP contribution in [-0.2, 0) is 27.4 Å². The summed E-state index contributed by atoms with van der Waals surface area (Å²) in [5.74, 6) is 0.0364. The minimum atomic E-state index is -0.276. The van der Waals surface area contributed by atoms with E-state index in [1.54, 1.807) is 7.11 Å². The molecule has 0 bridgehead atoms. The molecule has 1 amide bonds. The van der Waals surface area contributed by atoms with Gasteiger partial charge in [0.15, 0.2) is 5.16 Å². The molecule has 0 aliphatic carbocycles. The number of methoxy groups -OCH3 is 1. The van der Waals surface area contributed by atoms with Crippen LogP contribution >= 0.6 is 11.8 Å². The van der Waals surface area contributed by atoms with Gasteiger partial charge in [0, 0.05) is 31.5 Å². The van der Waals surface area contributed by atoms with Crippen LogP contribution in [0.25, 0.3) is 0 Å². The number of thioether (sulfide) groups is 1. The Morgan fingerprint density at radius 3 is 2.83 bits per heavy atom. The zero-order valence-corrected chi connectivity index (χ0v) is 17.4. The summed E-state index contributed by atoms with van der Waals surface area (Å²) in [5.41, 5.74) is 1.73. The number of carbonyl (C=O) groups excluding carboxylic acids is 1. The molecule has 9 nitrogen and oxygen atoms in total. The van der Waals surface area contributed by atoms with Crippen LogP contribution in [-0.4, -0.2) is 66.4 Å². The number of hydrogen-bond donors (Lipinski definition) is 3. The maximum Gasteiger partial charge on any atom is 0.343 e. The number of rotatable bonds is 10. The van der Waals surface area contributed by atoms with Gasteiger partial charge in [0.2, 0.25) is 5.91 Å². The van der Waals surface area contributed by atoms with Crippen molar-refractivity contribution in [2.45, 2.75) is 24.7 Å². The number of nitrogens with zero attached hydrogens (tertiary/aromatic N) is 2. The smallest absolute Gasteiger partial charge is 0.343 e. The minimum absolute atomic E-state index is 0.138. The molecule has 1 aliphatic rings. The molecule has 1 aromatic carbocycles. The number of ether oxygens (including phenoxy) is 2. The van der Waals surface area contributed by atoms with Gasteiger partial charge in [-0.15, -0.1) is 5.10 Å². The lowest BCUT2D eigenvalue weighted by atomic mass is 10.2. The van der Waals surface area contributed by atoms with Crippen LogP contribution in [0.5, 0.6) is 0 Å². The fourth-order valence-corrected chi connectivity index (χ4v) is 3.91. The number of anilines is 1. The SMILES string of the molecule is COCCCn1c(SCC(=O)Nc2ccc(C[NH+]3CCOCC3)cc2)n[nH]c1=O. The van der Waals surface area contributed by atoms with Crippen molar-refractivity contribution in [3.8, 4) is 0 Å². The average Bonchev–Trinajstić information content (AvgIpc) is 3.09. The van der Waals surface area contributed by atoms with E-state index in [1.165, 1.54) is 26.8 Å². The number of benzene rings is 1. The Morgan fingerprint density at radius 2 is 2.10 bits per heavy atom. The monoisotopic (exact) mass is 422 g/mol. The summed E-state index contributed by atoms with van der Waals surface area (Å²) >= 11 is 1.23. The first-order valence-electron chi connectivity index (χ1n) is 9.73. The van der Waals surface area contributed by atoms with Crippen LogP contribution in [0.1, 0.15) is 12.0 Å². The Morgan fingerprint density at radius 1 is 1.34 bits per heavy atom. The fourth-order valence-electron chi connectivity index (χ4n) is 3.14. The summed E-state index contributed by atoms with van der Waals surface area (Å²) in [6, 6.07) is 7.94. The standard InChI is InChI=1S/C19H27N5O4S/c1-27-10-2-7-24-18(26)21-22-19(24)29-14-17(25)20-16-5-3-15(4-6-16)13-23-8-11-28-12-9-23/h3-6H,2,7-14H2,1H3,(H,20,25)(H,21,26)/p+1. The number of morpholine rings is 1. The van der Waals surface area contributed by atoms with E-state index in [0.717, 1.165) is 38.5 Å². The molecule has 1 saturated heterocycles. The van der Waals surface area contributed by atoms with Crippen molar-refractivity contribution in [1.29, 1.82) is 0 Å². The Balaban J connectivity index is 1.46. The molecule has 2 heterocycles. The van der Waals surface area contributed by atoms with Gasteiger partial charge in [-0.05, 0) is 18.6 Å². The summed E-state index contributed by atoms with van der Waals surface area (Å²) < 4.78 is 11.9. The summed E-state index contributed by atoms with van der Waals surface area (Å²) in [6.45, 7) is 5.71. The highest BCUT2D eigenvalue weighted by Crippen LogP contribution is 2.15. The van der Waals surface area contributed by atoms with Crippen molar-refractivity contribution < 1.29 is 19.2 Å². The maximum absolute atomic E-state index is 12.3. The van der Waals surface area contributed by atoms with E-state index >= 15 is 0 Å². The third-order valence-electron chi connectivity index (χ3n) is 4.68. The molecule has 29 heavy (non-hydrogen) atoms. The van der Waals surface area contributed by atoms with Crippen LogP contribution < -0.4 is 15.9 Å². The number of nitrogens with one attached hydrogen (secondary N) is 3. The second-order valence-corrected chi connectivity index (χ2v) is 7.82. The minimum Gasteiger partial charge on any atom is -0.385 e. The summed E-state index contributed by atoms with van der Waals surface area (Å²) in [4.78, 5) is 25.6. The number of hydrogen-bond acceptors (Lipinski definition) is 6. The first kappa shape index (κ1) is 21.6. The number of quaternary nitrogens is 1. The van der Waals surface area contributed by atoms with Crippen molar-refractivity contribution in [2.24, 2.45) is 0 Å². The highest BCUT2D eigenvalue weighted by Gasteiger charge is 2.14. The Kier molecular flexibility index (Phi) is 8.29. The molecule has 1 aromatic heterocycles. The lowest BCUT2D eigenvalue weighted by molar-refractivity contribution is -0.921. The molecular formula is C19H28N5O4S+. The molecule has 0 radical (unpaired) electrons. The zero-order chi connectivity index (χ0) is 20.5. The molecule has 0 spiro atoms. The molecule has 10 heteroatoms. The Hall–Kier alpha value is -2.14. The average molecular weight is 423 g/mol. The molecule has 3 N–H and O–H groups in total. The fraction of sp³-hybridized carbons (Fsp3) is 0.526. The van der Waals surface area contributed by atoms with Gasteiger partial charge in [-0.1, -0.05) is 23.9 Å². The summed E-state index contributed by atoms with van der Waals surface area (Å²) in [6.07, 6.45) is 0.703. The highest BCUT2D eigenvalue weighted by atomic mass is 32.2. The van der Waals surface area contributed by atoms with Crippen molar-refractivity contribution >= 4 is 23.4 Å². The third-order valence-corrected chi connectivity index (χ3v) is 5.65. The molecule has 158 valence electrons. The highest BCUT2D eigenvalue weighted by molar-refractivity contribution is 7.99. The predicted molar refractivity (Wildman–Crippen MR) is 110 cm³/mol. The first-order valence-corrected chi connectivity index (χ1v) is 10.7. The van der Waals surface area contributed by atoms with Gasteiger partial charge >= 0.3 is 5.69 Å². The van der Waals surface area contributed by atoms with Gasteiger partial charge in [-0.25, -0.2) is 9.89 Å². The van der Waals surface area contributed by atoms with Gasteiger partial charge in [-0.2, -0.15) is 0 Å². The topological polar surface area (TPSA) is 103 Å². The van der Waals surface area contributed by atoms with Crippen LogP contribution in [0.2, 0.25) is 0 Å². The van der Waals surface area contributed by atoms with Crippen molar-refractivity contribution in [2.75, 3.05) is 51.1 Å². The second-order valence-electron chi connectivity index (χ2n) is 6.88. The van der Waals surface area contributed by atoms with E-state index < -0.39 is 0 Å². The predicted octanol–water partition coefficient (Wildman–Crippen LogP) is -0.246. The molecule has 3 rings (SSSR count). The Bertz CT molecular complexity index is 830. The van der Waals surface area contributed by atoms with Crippen LogP contribution in [0.15, 0.2) is 34.2 Å². The molecular weight excluding hydrogens is 394 g/mol. The lowest BCUT2D eigenvalue weighted by Crippen LogP contribution is -3.12. The Labute approximate surface area is 173 Å². The number of amides is 1. The van der Waals surface area contributed by atoms with Gasteiger partial charge < -0.3 is 19.7 Å². The largest absolute Gasteiger partial charge is 0.385 e. The molecule has 2 aromatic rings. The van der Waals surface area contributed by atoms with Gasteiger partial charge in [0.1, 0.15) is 19.6 Å². The van der Waals surface area contributed by atoms with Gasteiger partial charge in [0.25, 0.3) is 0 Å². The van der Waals surface area contributed by atoms with Crippen LogP contribution in [0, 0.1) is 0 Å². The van der Waals surface area contributed by atoms with E-state index in [1.807, 2.05) is 24.3 Å². The number of carbonyl (C=O) groups is 1. The van der Waals surface area contributed by atoms with Crippen molar-refractivity contribution in [3.63, 3.8) is 0 Å². The van der Waals surface area contributed by atoms with E-state index in [-0.39, 0.29) is 17.3 Å². The maximum atomic E-state index is 12.3. The zero-order valence-electron chi connectivity index (χ0n) is 16.6. The second kappa shape index (κ2) is 11.1. The van der Waals surface area contributed by atoms with Crippen LogP contribution in [0.4, 0.5) is 5.69 Å². The molecule has 1 fully saturated rings. The number of aromatic amines is 1. The van der Waals surface area contributed by atoms with Crippen molar-refractivity contribution in [1.82, 2.24) is 14.8 Å². The summed E-state index contributed by atoms with van der Waals surface area (Å²) in [7, 11) is 1.62. The molecule has 1 aliphatic heterocycles. The third kappa shape index (κ3) is 6.70. The molecule has 0 unspecified atom stereocenters.